The monoisotopic (exact) mass is 164 g/mol. The Kier molecular flexibility index (Phi) is 2.75. The fraction of sp³-hybridized carbons (Fsp3) is 0.200. The van der Waals surface area contributed by atoms with Gasteiger partial charge in [0.15, 0.2) is 0 Å². The van der Waals surface area contributed by atoms with E-state index in [0.717, 1.165) is 6.42 Å². The topological polar surface area (TPSA) is 40.5 Å². The van der Waals surface area contributed by atoms with E-state index in [0.29, 0.717) is 5.56 Å². The largest absolute Gasteiger partial charge is 0.507 e. The molecule has 0 aliphatic rings. The van der Waals surface area contributed by atoms with Crippen molar-refractivity contribution in [1.82, 2.24) is 0 Å². The lowest BCUT2D eigenvalue weighted by molar-refractivity contribution is 0.448. The zero-order chi connectivity index (χ0) is 8.97. The maximum absolute atomic E-state index is 9.31. The van der Waals surface area contributed by atoms with Crippen LogP contribution in [0.5, 0.6) is 11.5 Å². The molecule has 0 saturated heterocycles. The maximum atomic E-state index is 9.31. The van der Waals surface area contributed by atoms with Crippen LogP contribution in [0, 0.1) is 0 Å². The average molecular weight is 164 g/mol. The molecule has 2 heteroatoms. The summed E-state index contributed by atoms with van der Waals surface area (Å²) < 4.78 is 0. The summed E-state index contributed by atoms with van der Waals surface area (Å²) in [7, 11) is 0. The van der Waals surface area contributed by atoms with Gasteiger partial charge < -0.3 is 10.2 Å². The Morgan fingerprint density at radius 2 is 1.83 bits per heavy atom. The van der Waals surface area contributed by atoms with Crippen LogP contribution < -0.4 is 0 Å². The first-order chi connectivity index (χ1) is 5.75. The molecule has 0 amide bonds. The quantitative estimate of drug-likeness (QED) is 0.705. The summed E-state index contributed by atoms with van der Waals surface area (Å²) in [6.45, 7) is 1.99. The van der Waals surface area contributed by atoms with Crippen molar-refractivity contribution >= 4 is 6.08 Å². The Morgan fingerprint density at radius 3 is 2.33 bits per heavy atom. The van der Waals surface area contributed by atoms with Crippen LogP contribution in [0.25, 0.3) is 6.08 Å². The van der Waals surface area contributed by atoms with Crippen LogP contribution in [0.15, 0.2) is 24.3 Å². The molecule has 12 heavy (non-hydrogen) atoms. The number of allylic oxidation sites excluding steroid dienone is 1. The molecule has 1 aromatic rings. The molecule has 1 rings (SSSR count). The van der Waals surface area contributed by atoms with Gasteiger partial charge in [0.2, 0.25) is 0 Å². The second kappa shape index (κ2) is 3.81. The standard InChI is InChI=1S/C10H12O2/c1-2-3-5-8-9(11)6-4-7-10(8)12/h3-7,11-12H,2H2,1H3. The third-order valence-electron chi connectivity index (χ3n) is 1.58. The van der Waals surface area contributed by atoms with Crippen molar-refractivity contribution in [3.8, 4) is 11.5 Å². The molecule has 0 unspecified atom stereocenters. The van der Waals surface area contributed by atoms with E-state index in [1.165, 1.54) is 0 Å². The van der Waals surface area contributed by atoms with Crippen molar-refractivity contribution in [1.29, 1.82) is 0 Å². The van der Waals surface area contributed by atoms with Crippen LogP contribution in [0.1, 0.15) is 18.9 Å². The SMILES string of the molecule is CCC=Cc1c(O)cccc1O. The van der Waals surface area contributed by atoms with Crippen molar-refractivity contribution in [2.24, 2.45) is 0 Å². The summed E-state index contributed by atoms with van der Waals surface area (Å²) in [5, 5.41) is 18.6. The minimum Gasteiger partial charge on any atom is -0.507 e. The van der Waals surface area contributed by atoms with Crippen molar-refractivity contribution in [2.45, 2.75) is 13.3 Å². The van der Waals surface area contributed by atoms with Gasteiger partial charge >= 0.3 is 0 Å². The zero-order valence-electron chi connectivity index (χ0n) is 6.99. The lowest BCUT2D eigenvalue weighted by Crippen LogP contribution is -1.75. The number of phenols is 2. The smallest absolute Gasteiger partial charge is 0.126 e. The predicted molar refractivity (Wildman–Crippen MR) is 49.1 cm³/mol. The van der Waals surface area contributed by atoms with Crippen LogP contribution in [0.3, 0.4) is 0 Å². The molecule has 2 N–H and O–H groups in total. The molecular weight excluding hydrogens is 152 g/mol. The highest BCUT2D eigenvalue weighted by molar-refractivity contribution is 5.63. The summed E-state index contributed by atoms with van der Waals surface area (Å²) in [4.78, 5) is 0. The lowest BCUT2D eigenvalue weighted by atomic mass is 10.1. The Bertz CT molecular complexity index is 270. The van der Waals surface area contributed by atoms with Crippen LogP contribution in [-0.2, 0) is 0 Å². The predicted octanol–water partition coefficient (Wildman–Crippen LogP) is 2.52. The highest BCUT2D eigenvalue weighted by Crippen LogP contribution is 2.27. The zero-order valence-corrected chi connectivity index (χ0v) is 6.99. The average Bonchev–Trinajstić information content (AvgIpc) is 2.04. The van der Waals surface area contributed by atoms with Gasteiger partial charge in [-0.25, -0.2) is 0 Å². The van der Waals surface area contributed by atoms with E-state index in [-0.39, 0.29) is 11.5 Å². The first-order valence-electron chi connectivity index (χ1n) is 3.93. The van der Waals surface area contributed by atoms with Gasteiger partial charge in [-0.15, -0.1) is 0 Å². The van der Waals surface area contributed by atoms with Gasteiger partial charge in [-0.1, -0.05) is 25.1 Å². The number of benzene rings is 1. The van der Waals surface area contributed by atoms with Crippen molar-refractivity contribution in [2.75, 3.05) is 0 Å². The van der Waals surface area contributed by atoms with Crippen LogP contribution in [0.2, 0.25) is 0 Å². The summed E-state index contributed by atoms with van der Waals surface area (Å²) in [6.07, 6.45) is 4.48. The molecule has 0 spiro atoms. The molecule has 0 fully saturated rings. The van der Waals surface area contributed by atoms with E-state index in [2.05, 4.69) is 0 Å². The number of aromatic hydroxyl groups is 2. The van der Waals surface area contributed by atoms with Gasteiger partial charge in [0.25, 0.3) is 0 Å². The summed E-state index contributed by atoms with van der Waals surface area (Å²) in [6, 6.07) is 4.71. The van der Waals surface area contributed by atoms with Crippen molar-refractivity contribution < 1.29 is 10.2 Å². The second-order valence-corrected chi connectivity index (χ2v) is 2.52. The molecule has 0 heterocycles. The highest BCUT2D eigenvalue weighted by atomic mass is 16.3. The van der Waals surface area contributed by atoms with Crippen LogP contribution in [0.4, 0.5) is 0 Å². The second-order valence-electron chi connectivity index (χ2n) is 2.52. The van der Waals surface area contributed by atoms with E-state index >= 15 is 0 Å². The maximum Gasteiger partial charge on any atom is 0.126 e. The van der Waals surface area contributed by atoms with E-state index in [4.69, 9.17) is 0 Å². The van der Waals surface area contributed by atoms with Gasteiger partial charge in [-0.2, -0.15) is 0 Å². The first kappa shape index (κ1) is 8.65. The lowest BCUT2D eigenvalue weighted by Gasteiger charge is -2.00. The fourth-order valence-corrected chi connectivity index (χ4v) is 0.948. The molecule has 0 aromatic heterocycles. The summed E-state index contributed by atoms with van der Waals surface area (Å²) in [5.41, 5.74) is 0.486. The number of phenolic OH excluding ortho intramolecular Hbond substituents is 2. The molecule has 64 valence electrons. The molecule has 0 aliphatic heterocycles. The molecule has 1 aromatic carbocycles. The van der Waals surface area contributed by atoms with Gasteiger partial charge in [-0.3, -0.25) is 0 Å². The van der Waals surface area contributed by atoms with E-state index in [9.17, 15) is 10.2 Å². The van der Waals surface area contributed by atoms with E-state index in [1.54, 1.807) is 24.3 Å². The first-order valence-corrected chi connectivity index (χ1v) is 3.93. The Hall–Kier alpha value is -1.44. The minimum atomic E-state index is 0.111. The molecule has 0 aliphatic carbocycles. The van der Waals surface area contributed by atoms with E-state index in [1.807, 2.05) is 13.0 Å². The molecule has 0 radical (unpaired) electrons. The Labute approximate surface area is 71.8 Å². The van der Waals surface area contributed by atoms with E-state index < -0.39 is 0 Å². The fourth-order valence-electron chi connectivity index (χ4n) is 0.948. The number of hydrogen-bond donors (Lipinski definition) is 2. The number of rotatable bonds is 2. The molecule has 0 atom stereocenters. The Balaban J connectivity index is 3.04. The molecule has 0 bridgehead atoms. The normalized spacial score (nSPS) is 10.8. The number of hydrogen-bond acceptors (Lipinski definition) is 2. The minimum absolute atomic E-state index is 0.111. The van der Waals surface area contributed by atoms with Crippen LogP contribution in [-0.4, -0.2) is 10.2 Å². The molecule has 2 nitrogen and oxygen atoms in total. The summed E-state index contributed by atoms with van der Waals surface area (Å²) in [5.74, 6) is 0.222. The van der Waals surface area contributed by atoms with Crippen LogP contribution >= 0.6 is 0 Å². The summed E-state index contributed by atoms with van der Waals surface area (Å²) >= 11 is 0. The van der Waals surface area contributed by atoms with Crippen molar-refractivity contribution in [3.05, 3.63) is 29.8 Å². The third kappa shape index (κ3) is 1.78. The Morgan fingerprint density at radius 1 is 1.25 bits per heavy atom. The third-order valence-corrected chi connectivity index (χ3v) is 1.58. The van der Waals surface area contributed by atoms with Gasteiger partial charge in [0.1, 0.15) is 11.5 Å². The van der Waals surface area contributed by atoms with Gasteiger partial charge in [-0.05, 0) is 18.6 Å². The highest BCUT2D eigenvalue weighted by Gasteiger charge is 2.00. The molecule has 0 saturated carbocycles. The van der Waals surface area contributed by atoms with Gasteiger partial charge in [0, 0.05) is 0 Å². The van der Waals surface area contributed by atoms with Gasteiger partial charge in [0.05, 0.1) is 5.56 Å². The molecular formula is C10H12O2. The van der Waals surface area contributed by atoms with Crippen molar-refractivity contribution in [3.63, 3.8) is 0 Å².